The first-order valence-corrected chi connectivity index (χ1v) is 13.4. The van der Waals surface area contributed by atoms with E-state index in [9.17, 15) is 19.8 Å². The minimum absolute atomic E-state index is 0.0204. The number of hydrogen-bond acceptors (Lipinski definition) is 8. The molecule has 0 radical (unpaired) electrons. The molecule has 4 N–H and O–H groups in total. The summed E-state index contributed by atoms with van der Waals surface area (Å²) in [6, 6.07) is -0.567. The van der Waals surface area contributed by atoms with E-state index in [-0.39, 0.29) is 25.0 Å². The van der Waals surface area contributed by atoms with Crippen molar-refractivity contribution in [1.29, 1.82) is 0 Å². The van der Waals surface area contributed by atoms with Crippen LogP contribution in [0.15, 0.2) is 0 Å². The molecule has 1 heterocycles. The van der Waals surface area contributed by atoms with Crippen LogP contribution in [0.3, 0.4) is 0 Å². The maximum atomic E-state index is 12.9. The highest BCUT2D eigenvalue weighted by molar-refractivity contribution is 7.98. The summed E-state index contributed by atoms with van der Waals surface area (Å²) >= 11 is 1.65. The minimum Gasteiger partial charge on any atom is -0.388 e. The molecule has 0 unspecified atom stereocenters. The highest BCUT2D eigenvalue weighted by Crippen LogP contribution is 2.13. The van der Waals surface area contributed by atoms with Crippen LogP contribution in [0.5, 0.6) is 0 Å². The monoisotopic (exact) mass is 491 g/mol. The Labute approximate surface area is 203 Å². The summed E-state index contributed by atoms with van der Waals surface area (Å²) in [5, 5.41) is 21.1. The van der Waals surface area contributed by atoms with Crippen molar-refractivity contribution < 1.29 is 29.3 Å². The van der Waals surface area contributed by atoms with E-state index in [0.29, 0.717) is 51.6 Å². The molecular weight excluding hydrogens is 446 g/mol. The van der Waals surface area contributed by atoms with E-state index in [1.807, 2.05) is 6.26 Å². The molecule has 33 heavy (non-hydrogen) atoms. The average Bonchev–Trinajstić information content (AvgIpc) is 2.77. The lowest BCUT2D eigenvalue weighted by Gasteiger charge is -2.34. The highest BCUT2D eigenvalue weighted by Gasteiger charge is 2.31. The zero-order valence-electron chi connectivity index (χ0n) is 20.8. The van der Waals surface area contributed by atoms with Crippen LogP contribution in [0.4, 0.5) is 0 Å². The number of hydrogen-bond donors (Lipinski definition) is 3. The summed E-state index contributed by atoms with van der Waals surface area (Å²) < 4.78 is 11.5. The first-order valence-electron chi connectivity index (χ1n) is 12.0. The molecule has 0 aromatic heterocycles. The van der Waals surface area contributed by atoms with E-state index in [4.69, 9.17) is 15.2 Å². The van der Waals surface area contributed by atoms with Crippen LogP contribution in [0, 0.1) is 5.92 Å². The van der Waals surface area contributed by atoms with Crippen molar-refractivity contribution in [2.75, 3.05) is 58.0 Å². The molecule has 1 fully saturated rings. The third-order valence-electron chi connectivity index (χ3n) is 5.80. The summed E-state index contributed by atoms with van der Waals surface area (Å²) in [7, 11) is 0. The zero-order chi connectivity index (χ0) is 24.8. The van der Waals surface area contributed by atoms with Crippen molar-refractivity contribution in [2.24, 2.45) is 11.7 Å². The van der Waals surface area contributed by atoms with Crippen LogP contribution in [-0.2, 0) is 19.1 Å². The quantitative estimate of drug-likeness (QED) is 0.453. The Hall–Kier alpha value is -0.910. The highest BCUT2D eigenvalue weighted by atomic mass is 32.2. The van der Waals surface area contributed by atoms with E-state index in [2.05, 4.69) is 13.8 Å². The molecule has 9 nitrogen and oxygen atoms in total. The van der Waals surface area contributed by atoms with Gasteiger partial charge in [0.1, 0.15) is 18.3 Å². The lowest BCUT2D eigenvalue weighted by Crippen LogP contribution is -2.52. The topological polar surface area (TPSA) is 126 Å². The molecule has 0 bridgehead atoms. The van der Waals surface area contributed by atoms with Crippen molar-refractivity contribution in [3.05, 3.63) is 0 Å². The van der Waals surface area contributed by atoms with Gasteiger partial charge >= 0.3 is 0 Å². The van der Waals surface area contributed by atoms with E-state index in [1.54, 1.807) is 21.6 Å². The van der Waals surface area contributed by atoms with Crippen LogP contribution in [0.2, 0.25) is 0 Å². The standard InChI is InChI=1S/C23H45N3O6S/c1-17(2)7-13-32-21-15-26(18(3)27)11-10-25(23(30)19(24)8-14-33-4)9-5-6-12-31-16-20(28)22(21)29/h17,19-22,28-29H,5-16,24H2,1-4H3/t19-,20+,21+,22+/m0/s1. The molecule has 1 aliphatic rings. The number of aliphatic hydroxyl groups excluding tert-OH is 2. The summed E-state index contributed by atoms with van der Waals surface area (Å²) in [5.41, 5.74) is 6.13. The van der Waals surface area contributed by atoms with Crippen LogP contribution in [-0.4, -0.2) is 114 Å². The third kappa shape index (κ3) is 11.9. The van der Waals surface area contributed by atoms with Crippen molar-refractivity contribution in [2.45, 2.75) is 70.8 Å². The summed E-state index contributed by atoms with van der Waals surface area (Å²) in [6.45, 7) is 7.72. The van der Waals surface area contributed by atoms with Gasteiger partial charge in [0.25, 0.3) is 0 Å². The maximum absolute atomic E-state index is 12.9. The molecule has 1 rings (SSSR count). The van der Waals surface area contributed by atoms with Gasteiger partial charge in [-0.05, 0) is 43.6 Å². The van der Waals surface area contributed by atoms with Gasteiger partial charge in [0.2, 0.25) is 11.8 Å². The Morgan fingerprint density at radius 3 is 2.48 bits per heavy atom. The van der Waals surface area contributed by atoms with E-state index in [1.165, 1.54) is 6.92 Å². The largest absolute Gasteiger partial charge is 0.388 e. The fourth-order valence-corrected chi connectivity index (χ4v) is 4.03. The van der Waals surface area contributed by atoms with Gasteiger partial charge in [-0.25, -0.2) is 0 Å². The summed E-state index contributed by atoms with van der Waals surface area (Å²) in [4.78, 5) is 28.6. The van der Waals surface area contributed by atoms with Gasteiger partial charge in [-0.1, -0.05) is 13.8 Å². The molecule has 0 aromatic carbocycles. The second-order valence-corrected chi connectivity index (χ2v) is 10.1. The number of rotatable bonds is 8. The van der Waals surface area contributed by atoms with Gasteiger partial charge in [0.05, 0.1) is 12.6 Å². The van der Waals surface area contributed by atoms with Crippen molar-refractivity contribution >= 4 is 23.6 Å². The predicted molar refractivity (Wildman–Crippen MR) is 131 cm³/mol. The third-order valence-corrected chi connectivity index (χ3v) is 6.45. The van der Waals surface area contributed by atoms with Gasteiger partial charge < -0.3 is 35.2 Å². The molecular formula is C23H45N3O6S. The van der Waals surface area contributed by atoms with E-state index >= 15 is 0 Å². The van der Waals surface area contributed by atoms with Gasteiger partial charge in [-0.15, -0.1) is 0 Å². The van der Waals surface area contributed by atoms with Gasteiger partial charge in [0.15, 0.2) is 0 Å². The fourth-order valence-electron chi connectivity index (χ4n) is 3.54. The SMILES string of the molecule is CSCC[C@H](N)C(=O)N1CCCCOC[C@@H](O)[C@@H](O)[C@H](OCCC(C)C)CN(C(C)=O)CC1. The van der Waals surface area contributed by atoms with Crippen LogP contribution in [0.25, 0.3) is 0 Å². The molecule has 1 saturated heterocycles. The van der Waals surface area contributed by atoms with Gasteiger partial charge in [-0.3, -0.25) is 9.59 Å². The number of thioether (sulfide) groups is 1. The first kappa shape index (κ1) is 30.1. The number of carbonyl (C=O) groups is 2. The average molecular weight is 492 g/mol. The maximum Gasteiger partial charge on any atom is 0.239 e. The van der Waals surface area contributed by atoms with Crippen LogP contribution < -0.4 is 5.73 Å². The molecule has 2 amide bonds. The molecule has 0 spiro atoms. The number of aliphatic hydroxyl groups is 2. The number of nitrogens with two attached hydrogens (primary N) is 1. The first-order chi connectivity index (χ1) is 15.7. The molecule has 1 aliphatic heterocycles. The second-order valence-electron chi connectivity index (χ2n) is 9.11. The lowest BCUT2D eigenvalue weighted by atomic mass is 10.1. The molecule has 10 heteroatoms. The van der Waals surface area contributed by atoms with Gasteiger partial charge in [-0.2, -0.15) is 11.8 Å². The Kier molecular flexibility index (Phi) is 15.2. The number of ether oxygens (including phenoxy) is 2. The number of amides is 2. The van der Waals surface area contributed by atoms with Crippen molar-refractivity contribution in [3.8, 4) is 0 Å². The summed E-state index contributed by atoms with van der Waals surface area (Å²) in [5.74, 6) is 0.939. The second kappa shape index (κ2) is 16.7. The minimum atomic E-state index is -1.19. The van der Waals surface area contributed by atoms with Gasteiger partial charge in [0, 0.05) is 46.3 Å². The molecule has 4 atom stereocenters. The summed E-state index contributed by atoms with van der Waals surface area (Å²) in [6.07, 6.45) is 1.74. The lowest BCUT2D eigenvalue weighted by molar-refractivity contribution is -0.142. The normalized spacial score (nSPS) is 25.0. The Balaban J connectivity index is 2.97. The Bertz CT molecular complexity index is 568. The van der Waals surface area contributed by atoms with E-state index < -0.39 is 24.4 Å². The van der Waals surface area contributed by atoms with Crippen molar-refractivity contribution in [3.63, 3.8) is 0 Å². The zero-order valence-corrected chi connectivity index (χ0v) is 21.6. The molecule has 194 valence electrons. The van der Waals surface area contributed by atoms with Crippen LogP contribution in [0.1, 0.15) is 46.5 Å². The predicted octanol–water partition coefficient (Wildman–Crippen LogP) is 0.707. The fraction of sp³-hybridized carbons (Fsp3) is 0.913. The Morgan fingerprint density at radius 2 is 1.85 bits per heavy atom. The smallest absolute Gasteiger partial charge is 0.239 e. The molecule has 0 saturated carbocycles. The van der Waals surface area contributed by atoms with E-state index in [0.717, 1.165) is 18.6 Å². The Morgan fingerprint density at radius 1 is 1.15 bits per heavy atom. The molecule has 0 aliphatic carbocycles. The van der Waals surface area contributed by atoms with Crippen LogP contribution >= 0.6 is 11.8 Å². The molecule has 0 aromatic rings. The van der Waals surface area contributed by atoms with Crippen molar-refractivity contribution in [1.82, 2.24) is 9.80 Å². The number of nitrogens with zero attached hydrogens (tertiary/aromatic N) is 2. The number of carbonyl (C=O) groups excluding carboxylic acids is 2.